The van der Waals surface area contributed by atoms with Crippen molar-refractivity contribution in [2.45, 2.75) is 6.92 Å². The van der Waals surface area contributed by atoms with E-state index in [2.05, 4.69) is 15.5 Å². The number of imidazole rings is 1. The predicted molar refractivity (Wildman–Crippen MR) is 58.0 cm³/mol. The molecule has 15 heavy (non-hydrogen) atoms. The lowest BCUT2D eigenvalue weighted by molar-refractivity contribution is 0.983. The molecule has 2 heterocycles. The number of fused-ring (bicyclic) bond motifs is 1. The van der Waals surface area contributed by atoms with E-state index >= 15 is 0 Å². The van der Waals surface area contributed by atoms with Gasteiger partial charge in [-0.15, -0.1) is 0 Å². The Kier molecular flexibility index (Phi) is 2.26. The SMILES string of the molecule is Cc1ccc2ncc(/C(=N/N)NN)n2c1. The highest BCUT2D eigenvalue weighted by atomic mass is 15.3. The molecule has 0 amide bonds. The molecule has 2 aromatic heterocycles. The number of hydrazone groups is 1. The van der Waals surface area contributed by atoms with Crippen LogP contribution >= 0.6 is 0 Å². The third kappa shape index (κ3) is 1.50. The van der Waals surface area contributed by atoms with Gasteiger partial charge in [0.15, 0.2) is 5.84 Å². The van der Waals surface area contributed by atoms with E-state index in [0.717, 1.165) is 16.9 Å². The molecule has 0 unspecified atom stereocenters. The molecule has 2 rings (SSSR count). The zero-order valence-electron chi connectivity index (χ0n) is 8.31. The number of rotatable bonds is 1. The van der Waals surface area contributed by atoms with Gasteiger partial charge in [-0.25, -0.2) is 10.8 Å². The van der Waals surface area contributed by atoms with Crippen LogP contribution in [0.5, 0.6) is 0 Å². The summed E-state index contributed by atoms with van der Waals surface area (Å²) in [5.41, 5.74) is 5.11. The number of nitrogens with zero attached hydrogens (tertiary/aromatic N) is 3. The predicted octanol–water partition coefficient (Wildman–Crippen LogP) is -0.274. The molecular weight excluding hydrogens is 192 g/mol. The van der Waals surface area contributed by atoms with Crippen LogP contribution < -0.4 is 17.1 Å². The molecule has 0 atom stereocenters. The van der Waals surface area contributed by atoms with E-state index in [1.54, 1.807) is 6.20 Å². The lowest BCUT2D eigenvalue weighted by Gasteiger charge is -2.04. The maximum absolute atomic E-state index is 5.30. The number of hydrogen-bond acceptors (Lipinski definition) is 4. The molecule has 0 spiro atoms. The van der Waals surface area contributed by atoms with Gasteiger partial charge in [-0.3, -0.25) is 4.40 Å². The Morgan fingerprint density at radius 2 is 2.33 bits per heavy atom. The van der Waals surface area contributed by atoms with E-state index in [1.807, 2.05) is 29.7 Å². The summed E-state index contributed by atoms with van der Waals surface area (Å²) < 4.78 is 1.88. The van der Waals surface area contributed by atoms with Crippen LogP contribution in [0.3, 0.4) is 0 Å². The second-order valence-electron chi connectivity index (χ2n) is 3.20. The molecule has 6 nitrogen and oxygen atoms in total. The minimum Gasteiger partial charge on any atom is -0.321 e. The van der Waals surface area contributed by atoms with Crippen LogP contribution in [0.4, 0.5) is 0 Å². The van der Waals surface area contributed by atoms with E-state index < -0.39 is 0 Å². The van der Waals surface area contributed by atoms with Crippen LogP contribution in [0.1, 0.15) is 11.3 Å². The van der Waals surface area contributed by atoms with Crippen molar-refractivity contribution in [1.82, 2.24) is 14.8 Å². The molecule has 0 fully saturated rings. The molecule has 0 saturated heterocycles. The van der Waals surface area contributed by atoms with Crippen molar-refractivity contribution >= 4 is 11.5 Å². The van der Waals surface area contributed by atoms with Crippen molar-refractivity contribution in [3.63, 3.8) is 0 Å². The summed E-state index contributed by atoms with van der Waals surface area (Å²) in [7, 11) is 0. The highest BCUT2D eigenvalue weighted by Gasteiger charge is 2.08. The summed E-state index contributed by atoms with van der Waals surface area (Å²) >= 11 is 0. The first-order chi connectivity index (χ1) is 7.26. The van der Waals surface area contributed by atoms with Crippen LogP contribution in [0, 0.1) is 6.92 Å². The van der Waals surface area contributed by atoms with Crippen molar-refractivity contribution in [3.8, 4) is 0 Å². The Labute approximate surface area is 86.6 Å². The summed E-state index contributed by atoms with van der Waals surface area (Å²) in [5, 5.41) is 3.55. The number of hydrazine groups is 1. The minimum atomic E-state index is 0.396. The highest BCUT2D eigenvalue weighted by molar-refractivity contribution is 5.97. The van der Waals surface area contributed by atoms with Gasteiger partial charge in [-0.05, 0) is 18.6 Å². The number of pyridine rings is 1. The number of amidine groups is 1. The molecule has 0 radical (unpaired) electrons. The summed E-state index contributed by atoms with van der Waals surface area (Å²) in [4.78, 5) is 4.21. The van der Waals surface area contributed by atoms with Crippen LogP contribution in [0.2, 0.25) is 0 Å². The summed E-state index contributed by atoms with van der Waals surface area (Å²) in [5.74, 6) is 10.9. The van der Waals surface area contributed by atoms with Crippen molar-refractivity contribution < 1.29 is 0 Å². The number of nitrogens with two attached hydrogens (primary N) is 2. The van der Waals surface area contributed by atoms with Crippen LogP contribution in [0.15, 0.2) is 29.6 Å². The molecule has 0 saturated carbocycles. The largest absolute Gasteiger partial charge is 0.321 e. The Bertz CT molecular complexity index is 512. The molecule has 0 aliphatic rings. The molecule has 0 bridgehead atoms. The van der Waals surface area contributed by atoms with Crippen LogP contribution in [-0.2, 0) is 0 Å². The minimum absolute atomic E-state index is 0.396. The molecule has 6 heteroatoms. The lowest BCUT2D eigenvalue weighted by atomic mass is 10.3. The molecule has 5 N–H and O–H groups in total. The highest BCUT2D eigenvalue weighted by Crippen LogP contribution is 2.08. The Hall–Kier alpha value is -2.08. The topological polar surface area (TPSA) is 93.7 Å². The molecule has 2 aromatic rings. The molecule has 0 aliphatic carbocycles. The van der Waals surface area contributed by atoms with Gasteiger partial charge in [0, 0.05) is 6.20 Å². The second kappa shape index (κ2) is 3.58. The zero-order valence-corrected chi connectivity index (χ0v) is 8.31. The monoisotopic (exact) mass is 204 g/mol. The smallest absolute Gasteiger partial charge is 0.185 e. The lowest BCUT2D eigenvalue weighted by Crippen LogP contribution is -2.33. The fourth-order valence-corrected chi connectivity index (χ4v) is 1.44. The van der Waals surface area contributed by atoms with Crippen molar-refractivity contribution in [3.05, 3.63) is 35.8 Å². The van der Waals surface area contributed by atoms with E-state index in [1.165, 1.54) is 0 Å². The quantitative estimate of drug-likeness (QED) is 0.258. The van der Waals surface area contributed by atoms with Gasteiger partial charge in [-0.2, -0.15) is 5.10 Å². The Balaban J connectivity index is 2.66. The van der Waals surface area contributed by atoms with Gasteiger partial charge in [0.25, 0.3) is 0 Å². The Morgan fingerprint density at radius 1 is 1.53 bits per heavy atom. The first kappa shape index (κ1) is 9.47. The van der Waals surface area contributed by atoms with Gasteiger partial charge in [-0.1, -0.05) is 6.07 Å². The maximum Gasteiger partial charge on any atom is 0.185 e. The van der Waals surface area contributed by atoms with Crippen LogP contribution in [0.25, 0.3) is 5.65 Å². The van der Waals surface area contributed by atoms with Crippen molar-refractivity contribution in [2.75, 3.05) is 0 Å². The van der Waals surface area contributed by atoms with Gasteiger partial charge < -0.3 is 11.3 Å². The fraction of sp³-hybridized carbons (Fsp3) is 0.111. The average molecular weight is 204 g/mol. The first-order valence-corrected chi connectivity index (χ1v) is 4.45. The van der Waals surface area contributed by atoms with E-state index in [9.17, 15) is 0 Å². The fourth-order valence-electron chi connectivity index (χ4n) is 1.44. The van der Waals surface area contributed by atoms with E-state index in [0.29, 0.717) is 5.84 Å². The average Bonchev–Trinajstić information content (AvgIpc) is 2.64. The standard InChI is InChI=1S/C9H12N6/c1-6-2-3-8-12-4-7(15(8)5-6)9(13-10)14-11/h2-5H,10-11H2,1H3,(H,13,14). The third-order valence-electron chi connectivity index (χ3n) is 2.16. The summed E-state index contributed by atoms with van der Waals surface area (Å²) in [6, 6.07) is 3.91. The number of nitrogens with one attached hydrogen (secondary N) is 1. The normalized spacial score (nSPS) is 12.0. The Morgan fingerprint density at radius 3 is 3.00 bits per heavy atom. The number of aromatic nitrogens is 2. The molecular formula is C9H12N6. The van der Waals surface area contributed by atoms with Crippen molar-refractivity contribution in [2.24, 2.45) is 16.8 Å². The van der Waals surface area contributed by atoms with E-state index in [4.69, 9.17) is 11.7 Å². The third-order valence-corrected chi connectivity index (χ3v) is 2.16. The van der Waals surface area contributed by atoms with Gasteiger partial charge >= 0.3 is 0 Å². The second-order valence-corrected chi connectivity index (χ2v) is 3.20. The summed E-state index contributed by atoms with van der Waals surface area (Å²) in [6.07, 6.45) is 3.61. The maximum atomic E-state index is 5.30. The zero-order chi connectivity index (χ0) is 10.8. The number of hydrogen-bond donors (Lipinski definition) is 3. The van der Waals surface area contributed by atoms with Crippen LogP contribution in [-0.4, -0.2) is 15.2 Å². The first-order valence-electron chi connectivity index (χ1n) is 4.45. The van der Waals surface area contributed by atoms with Crippen molar-refractivity contribution in [1.29, 1.82) is 0 Å². The molecule has 0 aliphatic heterocycles. The van der Waals surface area contributed by atoms with Gasteiger partial charge in [0.05, 0.1) is 6.20 Å². The van der Waals surface area contributed by atoms with Gasteiger partial charge in [0.2, 0.25) is 0 Å². The number of aryl methyl sites for hydroxylation is 1. The molecule has 0 aromatic carbocycles. The van der Waals surface area contributed by atoms with E-state index in [-0.39, 0.29) is 0 Å². The molecule has 78 valence electrons. The van der Waals surface area contributed by atoms with Gasteiger partial charge in [0.1, 0.15) is 11.3 Å². The summed E-state index contributed by atoms with van der Waals surface area (Å²) in [6.45, 7) is 2.00.